The van der Waals surface area contributed by atoms with Gasteiger partial charge in [-0.15, -0.1) is 0 Å². The number of aromatic nitrogens is 2. The molecule has 0 saturated heterocycles. The van der Waals surface area contributed by atoms with Crippen LogP contribution in [0.5, 0.6) is 0 Å². The van der Waals surface area contributed by atoms with Gasteiger partial charge in [-0.1, -0.05) is 6.07 Å². The monoisotopic (exact) mass is 283 g/mol. The minimum Gasteiger partial charge on any atom is -0.335 e. The van der Waals surface area contributed by atoms with E-state index in [0.717, 1.165) is 30.9 Å². The van der Waals surface area contributed by atoms with Crippen molar-refractivity contribution in [3.63, 3.8) is 0 Å². The molecule has 0 fully saturated rings. The van der Waals surface area contributed by atoms with E-state index in [4.69, 9.17) is 0 Å². The Morgan fingerprint density at radius 1 is 1.29 bits per heavy atom. The maximum atomic E-state index is 12.7. The van der Waals surface area contributed by atoms with Crippen molar-refractivity contribution in [1.82, 2.24) is 9.55 Å². The van der Waals surface area contributed by atoms with Crippen LogP contribution >= 0.6 is 0 Å². The third-order valence-corrected chi connectivity index (χ3v) is 4.22. The molecule has 0 saturated carbocycles. The molecule has 0 aliphatic carbocycles. The SMILES string of the molecule is Cc1cc(C)cc(N(C)C(=O)C2CCn3ccnc3C2)c1. The molecule has 1 aliphatic rings. The first-order valence-electron chi connectivity index (χ1n) is 7.40. The summed E-state index contributed by atoms with van der Waals surface area (Å²) in [5.74, 6) is 1.24. The van der Waals surface area contributed by atoms with Crippen LogP contribution < -0.4 is 4.90 Å². The standard InChI is InChI=1S/C17H21N3O/c1-12-8-13(2)10-15(9-12)19(3)17(21)14-4-6-20-7-5-18-16(20)11-14/h5,7-10,14H,4,6,11H2,1-3H3. The van der Waals surface area contributed by atoms with Crippen molar-refractivity contribution in [2.75, 3.05) is 11.9 Å². The minimum absolute atomic E-state index is 0.0331. The predicted octanol–water partition coefficient (Wildman–Crippen LogP) is 2.73. The van der Waals surface area contributed by atoms with E-state index in [9.17, 15) is 4.79 Å². The summed E-state index contributed by atoms with van der Waals surface area (Å²) in [7, 11) is 1.87. The van der Waals surface area contributed by atoms with Gasteiger partial charge in [-0.05, 0) is 43.5 Å². The quantitative estimate of drug-likeness (QED) is 0.850. The molecule has 4 heteroatoms. The highest BCUT2D eigenvalue weighted by Crippen LogP contribution is 2.24. The Morgan fingerprint density at radius 3 is 2.71 bits per heavy atom. The third kappa shape index (κ3) is 2.71. The largest absolute Gasteiger partial charge is 0.335 e. The van der Waals surface area contributed by atoms with Crippen molar-refractivity contribution in [3.05, 3.63) is 47.5 Å². The number of benzene rings is 1. The van der Waals surface area contributed by atoms with Crippen molar-refractivity contribution in [2.45, 2.75) is 33.2 Å². The van der Waals surface area contributed by atoms with Crippen molar-refractivity contribution in [2.24, 2.45) is 5.92 Å². The van der Waals surface area contributed by atoms with E-state index in [1.165, 1.54) is 11.1 Å². The van der Waals surface area contributed by atoms with Crippen LogP contribution in [-0.4, -0.2) is 22.5 Å². The van der Waals surface area contributed by atoms with Crippen LogP contribution in [0, 0.1) is 19.8 Å². The van der Waals surface area contributed by atoms with Crippen LogP contribution in [0.3, 0.4) is 0 Å². The van der Waals surface area contributed by atoms with Gasteiger partial charge in [0, 0.05) is 44.0 Å². The molecule has 0 N–H and O–H groups in total. The first-order chi connectivity index (χ1) is 10.0. The van der Waals surface area contributed by atoms with E-state index < -0.39 is 0 Å². The van der Waals surface area contributed by atoms with Crippen LogP contribution in [0.25, 0.3) is 0 Å². The number of rotatable bonds is 2. The highest BCUT2D eigenvalue weighted by Gasteiger charge is 2.28. The van der Waals surface area contributed by atoms with Crippen LogP contribution in [-0.2, 0) is 17.8 Å². The lowest BCUT2D eigenvalue weighted by molar-refractivity contribution is -0.122. The van der Waals surface area contributed by atoms with E-state index in [2.05, 4.69) is 41.6 Å². The lowest BCUT2D eigenvalue weighted by Gasteiger charge is -2.27. The zero-order valence-electron chi connectivity index (χ0n) is 12.8. The number of carbonyl (C=O) groups excluding carboxylic acids is 1. The second kappa shape index (κ2) is 5.35. The number of hydrogen-bond donors (Lipinski definition) is 0. The molecule has 110 valence electrons. The molecule has 3 rings (SSSR count). The molecule has 0 bridgehead atoms. The minimum atomic E-state index is 0.0331. The van der Waals surface area contributed by atoms with Gasteiger partial charge >= 0.3 is 0 Å². The van der Waals surface area contributed by atoms with Crippen molar-refractivity contribution in [3.8, 4) is 0 Å². The number of nitrogens with zero attached hydrogens (tertiary/aromatic N) is 3. The maximum Gasteiger partial charge on any atom is 0.230 e. The Hall–Kier alpha value is -2.10. The summed E-state index contributed by atoms with van der Waals surface area (Å²) in [5, 5.41) is 0. The van der Waals surface area contributed by atoms with Gasteiger partial charge in [0.1, 0.15) is 5.82 Å². The lowest BCUT2D eigenvalue weighted by Crippen LogP contribution is -2.37. The average molecular weight is 283 g/mol. The summed E-state index contributed by atoms with van der Waals surface area (Å²) < 4.78 is 2.14. The molecule has 0 radical (unpaired) electrons. The molecule has 2 aromatic rings. The Kier molecular flexibility index (Phi) is 3.53. The van der Waals surface area contributed by atoms with E-state index in [1.54, 1.807) is 4.90 Å². The number of amides is 1. The van der Waals surface area contributed by atoms with Crippen molar-refractivity contribution < 1.29 is 4.79 Å². The molecule has 1 amide bonds. The molecule has 0 spiro atoms. The van der Waals surface area contributed by atoms with Crippen LogP contribution in [0.1, 0.15) is 23.4 Å². The summed E-state index contributed by atoms with van der Waals surface area (Å²) in [5.41, 5.74) is 3.35. The normalized spacial score (nSPS) is 17.4. The molecule has 1 aliphatic heterocycles. The fourth-order valence-corrected chi connectivity index (χ4v) is 3.11. The highest BCUT2D eigenvalue weighted by atomic mass is 16.2. The Balaban J connectivity index is 1.79. The van der Waals surface area contributed by atoms with Gasteiger partial charge in [0.05, 0.1) is 0 Å². The van der Waals surface area contributed by atoms with Gasteiger partial charge in [0.15, 0.2) is 0 Å². The summed E-state index contributed by atoms with van der Waals surface area (Å²) in [6.45, 7) is 5.00. The van der Waals surface area contributed by atoms with E-state index in [-0.39, 0.29) is 11.8 Å². The van der Waals surface area contributed by atoms with E-state index in [0.29, 0.717) is 0 Å². The molecule has 1 aromatic heterocycles. The Labute approximate surface area is 125 Å². The first kappa shape index (κ1) is 13.9. The fraction of sp³-hybridized carbons (Fsp3) is 0.412. The molecule has 4 nitrogen and oxygen atoms in total. The number of carbonyl (C=O) groups is 1. The molecular weight excluding hydrogens is 262 g/mol. The zero-order valence-corrected chi connectivity index (χ0v) is 12.8. The second-order valence-corrected chi connectivity index (χ2v) is 5.97. The van der Waals surface area contributed by atoms with Crippen LogP contribution in [0.2, 0.25) is 0 Å². The summed E-state index contributed by atoms with van der Waals surface area (Å²) >= 11 is 0. The van der Waals surface area contributed by atoms with Gasteiger partial charge in [0.25, 0.3) is 0 Å². The van der Waals surface area contributed by atoms with Crippen LogP contribution in [0.4, 0.5) is 5.69 Å². The Morgan fingerprint density at radius 2 is 2.00 bits per heavy atom. The number of anilines is 1. The Bertz CT molecular complexity index is 654. The molecule has 21 heavy (non-hydrogen) atoms. The molecule has 1 unspecified atom stereocenters. The summed E-state index contributed by atoms with van der Waals surface area (Å²) in [6, 6.07) is 6.25. The molecule has 1 atom stereocenters. The fourth-order valence-electron chi connectivity index (χ4n) is 3.11. The van der Waals surface area contributed by atoms with Gasteiger partial charge in [-0.2, -0.15) is 0 Å². The molecular formula is C17H21N3O. The number of hydrogen-bond acceptors (Lipinski definition) is 2. The molecule has 2 heterocycles. The number of fused-ring (bicyclic) bond motifs is 1. The molecule has 1 aromatic carbocycles. The van der Waals surface area contributed by atoms with Gasteiger partial charge in [0.2, 0.25) is 5.91 Å². The summed E-state index contributed by atoms with van der Waals surface area (Å²) in [6.07, 6.45) is 5.43. The first-order valence-corrected chi connectivity index (χ1v) is 7.40. The number of imidazole rings is 1. The van der Waals surface area contributed by atoms with Crippen molar-refractivity contribution >= 4 is 11.6 Å². The topological polar surface area (TPSA) is 38.1 Å². The second-order valence-electron chi connectivity index (χ2n) is 5.97. The smallest absolute Gasteiger partial charge is 0.230 e. The maximum absolute atomic E-state index is 12.7. The van der Waals surface area contributed by atoms with Gasteiger partial charge in [-0.3, -0.25) is 4.79 Å². The highest BCUT2D eigenvalue weighted by molar-refractivity contribution is 5.94. The zero-order chi connectivity index (χ0) is 15.0. The number of aryl methyl sites for hydroxylation is 3. The third-order valence-electron chi connectivity index (χ3n) is 4.22. The van der Waals surface area contributed by atoms with Crippen molar-refractivity contribution in [1.29, 1.82) is 0 Å². The summed E-state index contributed by atoms with van der Waals surface area (Å²) in [4.78, 5) is 18.9. The average Bonchev–Trinajstić information content (AvgIpc) is 2.92. The van der Waals surface area contributed by atoms with Gasteiger partial charge in [-0.25, -0.2) is 4.98 Å². The van der Waals surface area contributed by atoms with E-state index in [1.807, 2.05) is 19.4 Å². The van der Waals surface area contributed by atoms with Crippen LogP contribution in [0.15, 0.2) is 30.6 Å². The lowest BCUT2D eigenvalue weighted by atomic mass is 9.96. The van der Waals surface area contributed by atoms with E-state index >= 15 is 0 Å². The van der Waals surface area contributed by atoms with Gasteiger partial charge < -0.3 is 9.47 Å². The predicted molar refractivity (Wildman–Crippen MR) is 83.4 cm³/mol.